The van der Waals surface area contributed by atoms with Crippen LogP contribution in [-0.4, -0.2) is 23.8 Å². The summed E-state index contributed by atoms with van der Waals surface area (Å²) in [5.41, 5.74) is 2.96. The summed E-state index contributed by atoms with van der Waals surface area (Å²) in [6, 6.07) is 7.08. The van der Waals surface area contributed by atoms with Gasteiger partial charge < -0.3 is 9.47 Å². The zero-order chi connectivity index (χ0) is 18.5. The second kappa shape index (κ2) is 8.25. The number of carbonyl (C=O) groups excluding carboxylic acids is 2. The number of ether oxygens (including phenoxy) is 2. The molecule has 5 nitrogen and oxygen atoms in total. The number of ketones is 1. The number of rotatable bonds is 7. The molecule has 0 spiro atoms. The Morgan fingerprint density at radius 1 is 1.19 bits per heavy atom. The summed E-state index contributed by atoms with van der Waals surface area (Å²) in [5.74, 6) is 0.155. The van der Waals surface area contributed by atoms with E-state index in [2.05, 4.69) is 4.98 Å². The van der Waals surface area contributed by atoms with Crippen molar-refractivity contribution in [2.75, 3.05) is 7.11 Å². The Morgan fingerprint density at radius 2 is 2.04 bits per heavy atom. The monoisotopic (exact) mass is 387 g/mol. The van der Waals surface area contributed by atoms with Crippen molar-refractivity contribution in [2.24, 2.45) is 0 Å². The van der Waals surface area contributed by atoms with Gasteiger partial charge in [0.25, 0.3) is 0 Å². The molecule has 0 N–H and O–H groups in total. The number of benzene rings is 1. The number of esters is 1. The standard InChI is InChI=1S/C19H17NO4S2/c1-12(21)13-3-4-17(23-2)15(7-13)9-24-18(22)8-16-11-26-19(20-16)14-5-6-25-10-14/h3-7,10-11H,8-9H2,1-2H3. The third-order valence-corrected chi connectivity index (χ3v) is 5.34. The lowest BCUT2D eigenvalue weighted by Crippen LogP contribution is -2.09. The fourth-order valence-electron chi connectivity index (χ4n) is 2.37. The van der Waals surface area contributed by atoms with Crippen molar-refractivity contribution in [1.82, 2.24) is 4.98 Å². The van der Waals surface area contributed by atoms with Crippen LogP contribution in [0.2, 0.25) is 0 Å². The highest BCUT2D eigenvalue weighted by molar-refractivity contribution is 7.14. The summed E-state index contributed by atoms with van der Waals surface area (Å²) in [6.07, 6.45) is 0.106. The molecular weight excluding hydrogens is 370 g/mol. The zero-order valence-corrected chi connectivity index (χ0v) is 16.0. The number of hydrogen-bond acceptors (Lipinski definition) is 7. The van der Waals surface area contributed by atoms with Crippen LogP contribution >= 0.6 is 22.7 Å². The molecule has 3 aromatic rings. The van der Waals surface area contributed by atoms with Crippen LogP contribution in [0.4, 0.5) is 0 Å². The molecule has 0 bridgehead atoms. The van der Waals surface area contributed by atoms with E-state index in [1.54, 1.807) is 29.5 Å². The minimum atomic E-state index is -0.373. The highest BCUT2D eigenvalue weighted by Gasteiger charge is 2.13. The number of carbonyl (C=O) groups is 2. The molecule has 0 saturated heterocycles. The SMILES string of the molecule is COc1ccc(C(C)=O)cc1COC(=O)Cc1csc(-c2ccsc2)n1. The smallest absolute Gasteiger partial charge is 0.312 e. The van der Waals surface area contributed by atoms with Crippen LogP contribution in [0.25, 0.3) is 10.6 Å². The van der Waals surface area contributed by atoms with Gasteiger partial charge in [0, 0.05) is 27.5 Å². The van der Waals surface area contributed by atoms with Gasteiger partial charge in [0.15, 0.2) is 5.78 Å². The number of thiophene rings is 1. The minimum absolute atomic E-state index is 0.0463. The Kier molecular flexibility index (Phi) is 5.80. The van der Waals surface area contributed by atoms with E-state index in [9.17, 15) is 9.59 Å². The van der Waals surface area contributed by atoms with E-state index in [0.717, 1.165) is 10.6 Å². The van der Waals surface area contributed by atoms with Crippen LogP contribution in [0, 0.1) is 0 Å². The number of thiazole rings is 1. The summed E-state index contributed by atoms with van der Waals surface area (Å²) in [4.78, 5) is 28.1. The predicted molar refractivity (Wildman–Crippen MR) is 102 cm³/mol. The fraction of sp³-hybridized carbons (Fsp3) is 0.211. The first-order chi connectivity index (χ1) is 12.6. The van der Waals surface area contributed by atoms with Crippen LogP contribution in [0.3, 0.4) is 0 Å². The Hall–Kier alpha value is -2.51. The largest absolute Gasteiger partial charge is 0.496 e. The predicted octanol–water partition coefficient (Wildman–Crippen LogP) is 4.37. The molecular formula is C19H17NO4S2. The summed E-state index contributed by atoms with van der Waals surface area (Å²) in [5, 5.41) is 6.78. The number of Topliss-reactive ketones (excluding diaryl/α,β-unsaturated/α-hetero) is 1. The molecule has 0 amide bonds. The van der Waals surface area contributed by atoms with Crippen molar-refractivity contribution in [1.29, 1.82) is 0 Å². The summed E-state index contributed by atoms with van der Waals surface area (Å²) < 4.78 is 10.6. The van der Waals surface area contributed by atoms with Gasteiger partial charge in [-0.25, -0.2) is 4.98 Å². The van der Waals surface area contributed by atoms with E-state index in [1.807, 2.05) is 22.2 Å². The maximum Gasteiger partial charge on any atom is 0.312 e. The Morgan fingerprint density at radius 3 is 2.73 bits per heavy atom. The van der Waals surface area contributed by atoms with Gasteiger partial charge in [-0.3, -0.25) is 9.59 Å². The van der Waals surface area contributed by atoms with Crippen molar-refractivity contribution < 1.29 is 19.1 Å². The van der Waals surface area contributed by atoms with E-state index < -0.39 is 0 Å². The number of aromatic nitrogens is 1. The normalized spacial score (nSPS) is 10.5. The van der Waals surface area contributed by atoms with Crippen LogP contribution < -0.4 is 4.74 Å². The second-order valence-corrected chi connectivity index (χ2v) is 7.21. The van der Waals surface area contributed by atoms with Crippen LogP contribution in [0.15, 0.2) is 40.4 Å². The van der Waals surface area contributed by atoms with E-state index >= 15 is 0 Å². The topological polar surface area (TPSA) is 65.5 Å². The Labute approximate surface area is 159 Å². The molecule has 3 rings (SSSR count). The van der Waals surface area contributed by atoms with E-state index in [1.165, 1.54) is 25.4 Å². The lowest BCUT2D eigenvalue weighted by atomic mass is 10.1. The van der Waals surface area contributed by atoms with Gasteiger partial charge in [0.2, 0.25) is 0 Å². The highest BCUT2D eigenvalue weighted by Crippen LogP contribution is 2.26. The van der Waals surface area contributed by atoms with Gasteiger partial charge in [-0.05, 0) is 36.6 Å². The fourth-order valence-corrected chi connectivity index (χ4v) is 3.91. The first kappa shape index (κ1) is 18.3. The van der Waals surface area contributed by atoms with Gasteiger partial charge in [0.05, 0.1) is 19.2 Å². The van der Waals surface area contributed by atoms with E-state index in [0.29, 0.717) is 22.6 Å². The Bertz CT molecular complexity index is 916. The molecule has 0 aliphatic heterocycles. The van der Waals surface area contributed by atoms with Crippen LogP contribution in [0.1, 0.15) is 28.5 Å². The third-order valence-electron chi connectivity index (χ3n) is 3.72. The van der Waals surface area contributed by atoms with Gasteiger partial charge >= 0.3 is 5.97 Å². The van der Waals surface area contributed by atoms with Crippen molar-refractivity contribution >= 4 is 34.4 Å². The summed E-state index contributed by atoms with van der Waals surface area (Å²) in [7, 11) is 1.54. The van der Waals surface area contributed by atoms with E-state index in [-0.39, 0.29) is 24.8 Å². The molecule has 0 saturated carbocycles. The molecule has 0 aliphatic carbocycles. The summed E-state index contributed by atoms with van der Waals surface area (Å²) in [6.45, 7) is 1.54. The van der Waals surface area contributed by atoms with Crippen molar-refractivity contribution in [3.8, 4) is 16.3 Å². The maximum atomic E-state index is 12.1. The van der Waals surface area contributed by atoms with Crippen molar-refractivity contribution in [3.05, 3.63) is 57.2 Å². The molecule has 0 unspecified atom stereocenters. The minimum Gasteiger partial charge on any atom is -0.496 e. The molecule has 0 aliphatic rings. The third kappa shape index (κ3) is 4.36. The average molecular weight is 387 g/mol. The molecule has 0 radical (unpaired) electrons. The van der Waals surface area contributed by atoms with Crippen molar-refractivity contribution in [2.45, 2.75) is 20.0 Å². The first-order valence-corrected chi connectivity index (χ1v) is 9.69. The highest BCUT2D eigenvalue weighted by atomic mass is 32.1. The second-order valence-electron chi connectivity index (χ2n) is 5.58. The van der Waals surface area contributed by atoms with Crippen molar-refractivity contribution in [3.63, 3.8) is 0 Å². The molecule has 7 heteroatoms. The molecule has 134 valence electrons. The van der Waals surface area contributed by atoms with E-state index in [4.69, 9.17) is 9.47 Å². The molecule has 1 aromatic carbocycles. The maximum absolute atomic E-state index is 12.1. The van der Waals surface area contributed by atoms with Gasteiger partial charge in [-0.2, -0.15) is 11.3 Å². The Balaban J connectivity index is 1.62. The molecule has 2 aromatic heterocycles. The average Bonchev–Trinajstić information content (AvgIpc) is 3.31. The molecule has 0 atom stereocenters. The molecule has 0 fully saturated rings. The van der Waals surface area contributed by atoms with Gasteiger partial charge in [0.1, 0.15) is 17.4 Å². The number of hydrogen-bond donors (Lipinski definition) is 0. The number of nitrogens with zero attached hydrogens (tertiary/aromatic N) is 1. The lowest BCUT2D eigenvalue weighted by molar-refractivity contribution is -0.144. The molecule has 2 heterocycles. The van der Waals surface area contributed by atoms with Crippen LogP contribution in [0.5, 0.6) is 5.75 Å². The van der Waals surface area contributed by atoms with Crippen LogP contribution in [-0.2, 0) is 22.6 Å². The summed E-state index contributed by atoms with van der Waals surface area (Å²) >= 11 is 3.11. The van der Waals surface area contributed by atoms with Gasteiger partial charge in [-0.15, -0.1) is 11.3 Å². The quantitative estimate of drug-likeness (QED) is 0.445. The van der Waals surface area contributed by atoms with Gasteiger partial charge in [-0.1, -0.05) is 0 Å². The first-order valence-electron chi connectivity index (χ1n) is 7.87. The molecule has 26 heavy (non-hydrogen) atoms. The zero-order valence-electron chi connectivity index (χ0n) is 14.4. The number of methoxy groups -OCH3 is 1. The lowest BCUT2D eigenvalue weighted by Gasteiger charge is -2.10.